The molecule has 1 aliphatic carbocycles. The molecule has 2 N–H and O–H groups in total. The van der Waals surface area contributed by atoms with Gasteiger partial charge >= 0.3 is 0 Å². The Kier molecular flexibility index (Phi) is 4.57. The molecule has 1 aromatic carbocycles. The number of nitrogens with one attached hydrogen (secondary N) is 1. The van der Waals surface area contributed by atoms with Crippen LogP contribution in [0, 0.1) is 11.8 Å². The molecule has 94 valence electrons. The smallest absolute Gasteiger partial charge is 0.0914 e. The second-order valence-electron chi connectivity index (χ2n) is 5.37. The maximum Gasteiger partial charge on any atom is 0.0914 e. The molecule has 1 aromatic rings. The lowest BCUT2D eigenvalue weighted by Gasteiger charge is -2.15. The zero-order chi connectivity index (χ0) is 12.1. The molecule has 0 aliphatic heterocycles. The summed E-state index contributed by atoms with van der Waals surface area (Å²) >= 11 is 0. The van der Waals surface area contributed by atoms with Gasteiger partial charge in [-0.25, -0.2) is 0 Å². The summed E-state index contributed by atoms with van der Waals surface area (Å²) in [7, 11) is 0. The van der Waals surface area contributed by atoms with Gasteiger partial charge in [-0.15, -0.1) is 0 Å². The van der Waals surface area contributed by atoms with Gasteiger partial charge in [-0.3, -0.25) is 0 Å². The first-order valence-corrected chi connectivity index (χ1v) is 6.69. The average Bonchev–Trinajstić information content (AvgIpc) is 2.76. The highest BCUT2D eigenvalue weighted by molar-refractivity contribution is 5.17. The Morgan fingerprint density at radius 1 is 1.29 bits per heavy atom. The molecule has 1 saturated carbocycles. The van der Waals surface area contributed by atoms with E-state index in [4.69, 9.17) is 0 Å². The summed E-state index contributed by atoms with van der Waals surface area (Å²) in [6.45, 7) is 4.04. The molecule has 0 radical (unpaired) electrons. The van der Waals surface area contributed by atoms with Gasteiger partial charge in [0, 0.05) is 6.54 Å². The lowest BCUT2D eigenvalue weighted by molar-refractivity contribution is 0.172. The topological polar surface area (TPSA) is 32.3 Å². The summed E-state index contributed by atoms with van der Waals surface area (Å²) in [5.74, 6) is 1.70. The summed E-state index contributed by atoms with van der Waals surface area (Å²) in [6, 6.07) is 9.87. The highest BCUT2D eigenvalue weighted by Gasteiger charge is 2.20. The van der Waals surface area contributed by atoms with E-state index in [1.807, 2.05) is 30.3 Å². The van der Waals surface area contributed by atoms with E-state index in [1.54, 1.807) is 0 Å². The van der Waals surface area contributed by atoms with Gasteiger partial charge in [0.2, 0.25) is 0 Å². The second-order valence-corrected chi connectivity index (χ2v) is 5.37. The first kappa shape index (κ1) is 12.6. The van der Waals surface area contributed by atoms with E-state index in [2.05, 4.69) is 12.2 Å². The van der Waals surface area contributed by atoms with Gasteiger partial charge < -0.3 is 10.4 Å². The maximum absolute atomic E-state index is 9.98. The lowest BCUT2D eigenvalue weighted by Crippen LogP contribution is -2.26. The average molecular weight is 233 g/mol. The van der Waals surface area contributed by atoms with Gasteiger partial charge in [0.05, 0.1) is 6.10 Å². The van der Waals surface area contributed by atoms with Gasteiger partial charge in [-0.1, -0.05) is 43.7 Å². The molecule has 0 spiro atoms. The molecule has 3 unspecified atom stereocenters. The van der Waals surface area contributed by atoms with Crippen molar-refractivity contribution in [1.29, 1.82) is 0 Å². The molecule has 1 fully saturated rings. The first-order chi connectivity index (χ1) is 8.25. The third-order valence-electron chi connectivity index (χ3n) is 3.76. The van der Waals surface area contributed by atoms with Crippen LogP contribution in [0.1, 0.15) is 37.9 Å². The van der Waals surface area contributed by atoms with Gasteiger partial charge in [-0.2, -0.15) is 0 Å². The zero-order valence-electron chi connectivity index (χ0n) is 10.6. The van der Waals surface area contributed by atoms with Crippen molar-refractivity contribution in [2.75, 3.05) is 13.1 Å². The molecule has 0 amide bonds. The van der Waals surface area contributed by atoms with Crippen molar-refractivity contribution in [1.82, 2.24) is 5.32 Å². The highest BCUT2D eigenvalue weighted by Crippen LogP contribution is 2.29. The molecule has 3 atom stereocenters. The third kappa shape index (κ3) is 3.83. The van der Waals surface area contributed by atoms with Crippen LogP contribution in [-0.4, -0.2) is 18.2 Å². The number of aliphatic hydroxyl groups is 1. The van der Waals surface area contributed by atoms with Crippen molar-refractivity contribution in [3.8, 4) is 0 Å². The van der Waals surface area contributed by atoms with E-state index < -0.39 is 0 Å². The number of rotatable bonds is 5. The number of benzene rings is 1. The second kappa shape index (κ2) is 6.18. The van der Waals surface area contributed by atoms with Crippen molar-refractivity contribution >= 4 is 0 Å². The predicted octanol–water partition coefficient (Wildman–Crippen LogP) is 2.75. The molecular formula is C15H23NO. The number of hydrogen-bond acceptors (Lipinski definition) is 2. The largest absolute Gasteiger partial charge is 0.387 e. The Labute approximate surface area is 104 Å². The van der Waals surface area contributed by atoms with E-state index in [9.17, 15) is 5.11 Å². The van der Waals surface area contributed by atoms with Crippen molar-refractivity contribution in [2.24, 2.45) is 11.8 Å². The van der Waals surface area contributed by atoms with Crippen LogP contribution in [0.3, 0.4) is 0 Å². The number of aliphatic hydroxyl groups excluding tert-OH is 1. The Morgan fingerprint density at radius 2 is 2.06 bits per heavy atom. The molecule has 2 nitrogen and oxygen atoms in total. The summed E-state index contributed by atoms with van der Waals surface area (Å²) in [5.41, 5.74) is 1.000. The molecular weight excluding hydrogens is 210 g/mol. The van der Waals surface area contributed by atoms with Crippen molar-refractivity contribution in [3.63, 3.8) is 0 Å². The quantitative estimate of drug-likeness (QED) is 0.819. The standard InChI is InChI=1S/C15H23NO/c1-12-7-8-13(9-12)10-16-11-15(17)14-5-3-2-4-6-14/h2-6,12-13,15-17H,7-11H2,1H3. The van der Waals surface area contributed by atoms with Gasteiger partial charge in [0.25, 0.3) is 0 Å². The molecule has 0 aromatic heterocycles. The van der Waals surface area contributed by atoms with Crippen LogP contribution in [0.25, 0.3) is 0 Å². The van der Waals surface area contributed by atoms with Crippen molar-refractivity contribution in [3.05, 3.63) is 35.9 Å². The third-order valence-corrected chi connectivity index (χ3v) is 3.76. The van der Waals surface area contributed by atoms with E-state index >= 15 is 0 Å². The van der Waals surface area contributed by atoms with Crippen LogP contribution in [0.2, 0.25) is 0 Å². The molecule has 17 heavy (non-hydrogen) atoms. The minimum absolute atomic E-state index is 0.380. The van der Waals surface area contributed by atoms with Gasteiger partial charge in [0.1, 0.15) is 0 Å². The molecule has 2 rings (SSSR count). The SMILES string of the molecule is CC1CCC(CNCC(O)c2ccccc2)C1. The molecule has 2 heteroatoms. The zero-order valence-corrected chi connectivity index (χ0v) is 10.6. The lowest BCUT2D eigenvalue weighted by atomic mass is 10.1. The van der Waals surface area contributed by atoms with Gasteiger partial charge in [0.15, 0.2) is 0 Å². The molecule has 0 saturated heterocycles. The predicted molar refractivity (Wildman–Crippen MR) is 70.8 cm³/mol. The van der Waals surface area contributed by atoms with Crippen LogP contribution in [0.4, 0.5) is 0 Å². The van der Waals surface area contributed by atoms with Crippen LogP contribution in [0.5, 0.6) is 0 Å². The van der Waals surface area contributed by atoms with E-state index in [0.717, 1.165) is 23.9 Å². The Morgan fingerprint density at radius 3 is 2.71 bits per heavy atom. The Balaban J connectivity index is 1.68. The van der Waals surface area contributed by atoms with Crippen molar-refractivity contribution in [2.45, 2.75) is 32.3 Å². The summed E-state index contributed by atoms with van der Waals surface area (Å²) < 4.78 is 0. The minimum atomic E-state index is -0.380. The van der Waals surface area contributed by atoms with Crippen LogP contribution >= 0.6 is 0 Å². The van der Waals surface area contributed by atoms with E-state index in [-0.39, 0.29) is 6.10 Å². The minimum Gasteiger partial charge on any atom is -0.387 e. The van der Waals surface area contributed by atoms with Crippen molar-refractivity contribution < 1.29 is 5.11 Å². The van der Waals surface area contributed by atoms with E-state index in [1.165, 1.54) is 19.3 Å². The molecule has 0 heterocycles. The summed E-state index contributed by atoms with van der Waals surface area (Å²) in [5, 5.41) is 13.4. The fourth-order valence-electron chi connectivity index (χ4n) is 2.73. The van der Waals surface area contributed by atoms with Crippen LogP contribution < -0.4 is 5.32 Å². The Hall–Kier alpha value is -0.860. The normalized spacial score (nSPS) is 26.0. The number of hydrogen-bond donors (Lipinski definition) is 2. The summed E-state index contributed by atoms with van der Waals surface area (Å²) in [6.07, 6.45) is 3.67. The Bertz CT molecular complexity index is 325. The first-order valence-electron chi connectivity index (χ1n) is 6.69. The van der Waals surface area contributed by atoms with Gasteiger partial charge in [-0.05, 0) is 36.8 Å². The maximum atomic E-state index is 9.98. The molecule has 1 aliphatic rings. The molecule has 0 bridgehead atoms. The highest BCUT2D eigenvalue weighted by atomic mass is 16.3. The monoisotopic (exact) mass is 233 g/mol. The fraction of sp³-hybridized carbons (Fsp3) is 0.600. The summed E-state index contributed by atoms with van der Waals surface area (Å²) in [4.78, 5) is 0. The van der Waals surface area contributed by atoms with E-state index in [0.29, 0.717) is 6.54 Å². The van der Waals surface area contributed by atoms with Crippen LogP contribution in [0.15, 0.2) is 30.3 Å². The van der Waals surface area contributed by atoms with Crippen LogP contribution in [-0.2, 0) is 0 Å². The fourth-order valence-corrected chi connectivity index (χ4v) is 2.73.